The van der Waals surface area contributed by atoms with Crippen molar-refractivity contribution in [1.82, 2.24) is 15.1 Å². The van der Waals surface area contributed by atoms with E-state index in [9.17, 15) is 0 Å². The lowest BCUT2D eigenvalue weighted by Crippen LogP contribution is -2.58. The van der Waals surface area contributed by atoms with E-state index < -0.39 is 0 Å². The van der Waals surface area contributed by atoms with Crippen LogP contribution in [0.1, 0.15) is 53.4 Å². The second-order valence-electron chi connectivity index (χ2n) is 7.55. The van der Waals surface area contributed by atoms with Gasteiger partial charge in [-0.3, -0.25) is 4.90 Å². The van der Waals surface area contributed by atoms with E-state index in [2.05, 4.69) is 42.8 Å². The number of hydrogen-bond donors (Lipinski definition) is 1. The van der Waals surface area contributed by atoms with Gasteiger partial charge in [-0.1, -0.05) is 34.1 Å². The predicted octanol–water partition coefficient (Wildman–Crippen LogP) is 2.82. The summed E-state index contributed by atoms with van der Waals surface area (Å²) in [5.41, 5.74) is 0. The molecule has 0 amide bonds. The van der Waals surface area contributed by atoms with Crippen LogP contribution in [0.25, 0.3) is 0 Å². The highest BCUT2D eigenvalue weighted by atomic mass is 15.3. The summed E-state index contributed by atoms with van der Waals surface area (Å²) in [6.45, 7) is 16.8. The van der Waals surface area contributed by atoms with Crippen molar-refractivity contribution in [3.8, 4) is 0 Å². The second-order valence-corrected chi connectivity index (χ2v) is 7.55. The van der Waals surface area contributed by atoms with Crippen molar-refractivity contribution in [2.45, 2.75) is 65.5 Å². The quantitative estimate of drug-likeness (QED) is 0.813. The fourth-order valence-electron chi connectivity index (χ4n) is 4.30. The van der Waals surface area contributed by atoms with E-state index in [1.807, 2.05) is 0 Å². The van der Waals surface area contributed by atoms with Crippen molar-refractivity contribution in [3.63, 3.8) is 0 Å². The smallest absolute Gasteiger partial charge is 0.0253 e. The molecule has 0 spiro atoms. The van der Waals surface area contributed by atoms with E-state index in [4.69, 9.17) is 0 Å². The van der Waals surface area contributed by atoms with Crippen molar-refractivity contribution < 1.29 is 0 Å². The molecular weight excluding hydrogens is 258 g/mol. The molecule has 1 aliphatic heterocycles. The first-order valence-electron chi connectivity index (χ1n) is 9.33. The van der Waals surface area contributed by atoms with Crippen molar-refractivity contribution in [2.24, 2.45) is 11.8 Å². The van der Waals surface area contributed by atoms with Gasteiger partial charge in [0.15, 0.2) is 0 Å². The fraction of sp³-hybridized carbons (Fsp3) is 1.00. The third-order valence-electron chi connectivity index (χ3n) is 5.47. The summed E-state index contributed by atoms with van der Waals surface area (Å²) < 4.78 is 0. The second kappa shape index (κ2) is 8.50. The van der Waals surface area contributed by atoms with Crippen LogP contribution in [0.2, 0.25) is 0 Å². The average molecular weight is 296 g/mol. The first-order valence-corrected chi connectivity index (χ1v) is 9.33. The van der Waals surface area contributed by atoms with Gasteiger partial charge in [0.05, 0.1) is 0 Å². The molecule has 0 radical (unpaired) electrons. The Kier molecular flexibility index (Phi) is 6.97. The molecular formula is C18H37N3. The Bertz CT molecular complexity index is 284. The van der Waals surface area contributed by atoms with Gasteiger partial charge in [0.25, 0.3) is 0 Å². The molecule has 21 heavy (non-hydrogen) atoms. The van der Waals surface area contributed by atoms with Gasteiger partial charge in [-0.15, -0.1) is 0 Å². The maximum Gasteiger partial charge on any atom is 0.0253 e. The molecule has 1 heterocycles. The number of nitrogens with zero attached hydrogens (tertiary/aromatic N) is 2. The van der Waals surface area contributed by atoms with E-state index in [0.717, 1.165) is 30.5 Å². The van der Waals surface area contributed by atoms with Gasteiger partial charge in [-0.2, -0.15) is 0 Å². The van der Waals surface area contributed by atoms with Crippen LogP contribution in [-0.4, -0.2) is 61.2 Å². The molecule has 3 nitrogen and oxygen atoms in total. The zero-order valence-corrected chi connectivity index (χ0v) is 14.8. The highest BCUT2D eigenvalue weighted by Gasteiger charge is 2.34. The van der Waals surface area contributed by atoms with Crippen molar-refractivity contribution in [3.05, 3.63) is 0 Å². The summed E-state index contributed by atoms with van der Waals surface area (Å²) >= 11 is 0. The molecule has 2 rings (SSSR count). The number of rotatable bonds is 6. The SMILES string of the molecule is CCNC1CCC(CC)CC1N1CCN(CC(C)C)CC1. The Balaban J connectivity index is 1.88. The number of piperazine rings is 1. The van der Waals surface area contributed by atoms with E-state index in [-0.39, 0.29) is 0 Å². The van der Waals surface area contributed by atoms with Gasteiger partial charge in [0.2, 0.25) is 0 Å². The van der Waals surface area contributed by atoms with E-state index in [0.29, 0.717) is 0 Å². The minimum atomic E-state index is 0.731. The molecule has 3 unspecified atom stereocenters. The third kappa shape index (κ3) is 4.94. The summed E-state index contributed by atoms with van der Waals surface area (Å²) in [5.74, 6) is 1.75. The van der Waals surface area contributed by atoms with Gasteiger partial charge in [0, 0.05) is 44.8 Å². The number of likely N-dealkylation sites (N-methyl/N-ethyl adjacent to an activating group) is 1. The highest BCUT2D eigenvalue weighted by Crippen LogP contribution is 2.30. The summed E-state index contributed by atoms with van der Waals surface area (Å²) in [7, 11) is 0. The maximum absolute atomic E-state index is 3.76. The Morgan fingerprint density at radius 3 is 2.33 bits per heavy atom. The molecule has 3 heteroatoms. The van der Waals surface area contributed by atoms with Crippen LogP contribution >= 0.6 is 0 Å². The van der Waals surface area contributed by atoms with E-state index >= 15 is 0 Å². The van der Waals surface area contributed by atoms with Crippen LogP contribution in [0.3, 0.4) is 0 Å². The minimum Gasteiger partial charge on any atom is -0.313 e. The third-order valence-corrected chi connectivity index (χ3v) is 5.47. The van der Waals surface area contributed by atoms with E-state index in [1.54, 1.807) is 0 Å². The van der Waals surface area contributed by atoms with Crippen molar-refractivity contribution >= 4 is 0 Å². The zero-order chi connectivity index (χ0) is 15.2. The van der Waals surface area contributed by atoms with Crippen molar-refractivity contribution in [2.75, 3.05) is 39.3 Å². The lowest BCUT2D eigenvalue weighted by Gasteiger charge is -2.46. The van der Waals surface area contributed by atoms with Gasteiger partial charge in [0.1, 0.15) is 0 Å². The molecule has 3 atom stereocenters. The van der Waals surface area contributed by atoms with Crippen LogP contribution in [0.15, 0.2) is 0 Å². The van der Waals surface area contributed by atoms with Gasteiger partial charge in [-0.25, -0.2) is 0 Å². The normalized spacial score (nSPS) is 32.7. The summed E-state index contributed by atoms with van der Waals surface area (Å²) in [6, 6.07) is 1.51. The number of hydrogen-bond acceptors (Lipinski definition) is 3. The monoisotopic (exact) mass is 295 g/mol. The summed E-state index contributed by atoms with van der Waals surface area (Å²) in [6.07, 6.45) is 5.59. The molecule has 1 aliphatic carbocycles. The summed E-state index contributed by atoms with van der Waals surface area (Å²) in [5, 5.41) is 3.76. The minimum absolute atomic E-state index is 0.731. The molecule has 124 valence electrons. The highest BCUT2D eigenvalue weighted by molar-refractivity contribution is 4.92. The Morgan fingerprint density at radius 1 is 1.05 bits per heavy atom. The first-order chi connectivity index (χ1) is 10.1. The Morgan fingerprint density at radius 2 is 1.76 bits per heavy atom. The Labute approximate surface area is 132 Å². The van der Waals surface area contributed by atoms with E-state index in [1.165, 1.54) is 58.4 Å². The predicted molar refractivity (Wildman–Crippen MR) is 91.7 cm³/mol. The molecule has 2 aliphatic rings. The van der Waals surface area contributed by atoms with Crippen molar-refractivity contribution in [1.29, 1.82) is 0 Å². The van der Waals surface area contributed by atoms with Crippen LogP contribution in [-0.2, 0) is 0 Å². The standard InChI is InChI=1S/C18H37N3/c1-5-16-7-8-17(19-6-2)18(13-16)21-11-9-20(10-12-21)14-15(3)4/h15-19H,5-14H2,1-4H3. The molecule has 0 aromatic heterocycles. The lowest BCUT2D eigenvalue weighted by atomic mass is 9.80. The molecule has 0 bridgehead atoms. The topological polar surface area (TPSA) is 18.5 Å². The molecule has 1 saturated heterocycles. The van der Waals surface area contributed by atoms with Crippen LogP contribution < -0.4 is 5.32 Å². The Hall–Kier alpha value is -0.120. The zero-order valence-electron chi connectivity index (χ0n) is 14.8. The lowest BCUT2D eigenvalue weighted by molar-refractivity contribution is 0.0441. The van der Waals surface area contributed by atoms with Crippen LogP contribution in [0.5, 0.6) is 0 Å². The average Bonchev–Trinajstić information content (AvgIpc) is 2.48. The first kappa shape index (κ1) is 17.2. The van der Waals surface area contributed by atoms with Crippen LogP contribution in [0, 0.1) is 11.8 Å². The number of nitrogens with one attached hydrogen (secondary N) is 1. The molecule has 0 aromatic rings. The fourth-order valence-corrected chi connectivity index (χ4v) is 4.30. The summed E-state index contributed by atoms with van der Waals surface area (Å²) in [4.78, 5) is 5.45. The maximum atomic E-state index is 3.76. The largest absolute Gasteiger partial charge is 0.313 e. The molecule has 1 N–H and O–H groups in total. The molecule has 0 aromatic carbocycles. The molecule has 2 fully saturated rings. The van der Waals surface area contributed by atoms with Gasteiger partial charge in [-0.05, 0) is 37.6 Å². The molecule has 1 saturated carbocycles. The van der Waals surface area contributed by atoms with Crippen LogP contribution in [0.4, 0.5) is 0 Å². The van der Waals surface area contributed by atoms with Gasteiger partial charge >= 0.3 is 0 Å². The van der Waals surface area contributed by atoms with Gasteiger partial charge < -0.3 is 10.2 Å².